The first-order chi connectivity index (χ1) is 9.69. The number of hydrogen-bond acceptors (Lipinski definition) is 2. The summed E-state index contributed by atoms with van der Waals surface area (Å²) in [7, 11) is 0. The molecule has 0 aliphatic heterocycles. The van der Waals surface area contributed by atoms with E-state index in [2.05, 4.69) is 5.32 Å². The second kappa shape index (κ2) is 7.17. The minimum Gasteiger partial charge on any atom is -0.395 e. The molecule has 1 atom stereocenters. The zero-order chi connectivity index (χ0) is 14.4. The molecule has 1 unspecified atom stereocenters. The van der Waals surface area contributed by atoms with Gasteiger partial charge in [0.25, 0.3) is 0 Å². The number of nitrogens with one attached hydrogen (secondary N) is 1. The van der Waals surface area contributed by atoms with Crippen LogP contribution in [0.1, 0.15) is 16.7 Å². The quantitative estimate of drug-likeness (QED) is 0.848. The van der Waals surface area contributed by atoms with Crippen molar-refractivity contribution < 1.29 is 9.50 Å². The van der Waals surface area contributed by atoms with E-state index in [0.29, 0.717) is 6.54 Å². The van der Waals surface area contributed by atoms with Crippen molar-refractivity contribution in [2.75, 3.05) is 6.61 Å². The summed E-state index contributed by atoms with van der Waals surface area (Å²) in [5.41, 5.74) is 3.15. The van der Waals surface area contributed by atoms with E-state index in [0.717, 1.165) is 17.5 Å². The van der Waals surface area contributed by atoms with Gasteiger partial charge in [-0.3, -0.25) is 0 Å². The Bertz CT molecular complexity index is 542. The standard InChI is InChI=1S/C17H20FNO/c1-13-7-8-16(18)10-15(13)11-19-17(12-20)9-14-5-3-2-4-6-14/h2-8,10,17,19-20H,9,11-12H2,1H3. The summed E-state index contributed by atoms with van der Waals surface area (Å²) in [5, 5.41) is 12.7. The molecule has 3 heteroatoms. The Kier molecular flexibility index (Phi) is 5.27. The Balaban J connectivity index is 1.95. The van der Waals surface area contributed by atoms with Gasteiger partial charge in [-0.05, 0) is 42.2 Å². The van der Waals surface area contributed by atoms with Gasteiger partial charge in [-0.15, -0.1) is 0 Å². The van der Waals surface area contributed by atoms with Crippen LogP contribution in [0.2, 0.25) is 0 Å². The van der Waals surface area contributed by atoms with Gasteiger partial charge in [0, 0.05) is 12.6 Å². The van der Waals surface area contributed by atoms with Gasteiger partial charge < -0.3 is 10.4 Å². The van der Waals surface area contributed by atoms with E-state index < -0.39 is 0 Å². The van der Waals surface area contributed by atoms with E-state index in [9.17, 15) is 9.50 Å². The molecule has 2 nitrogen and oxygen atoms in total. The molecule has 0 aromatic heterocycles. The van der Waals surface area contributed by atoms with Crippen molar-refractivity contribution in [1.82, 2.24) is 5.32 Å². The Morgan fingerprint density at radius 3 is 2.60 bits per heavy atom. The lowest BCUT2D eigenvalue weighted by molar-refractivity contribution is 0.240. The Hall–Kier alpha value is -1.71. The zero-order valence-corrected chi connectivity index (χ0v) is 11.6. The molecule has 0 saturated carbocycles. The van der Waals surface area contributed by atoms with Gasteiger partial charge >= 0.3 is 0 Å². The fourth-order valence-electron chi connectivity index (χ4n) is 2.18. The largest absolute Gasteiger partial charge is 0.395 e. The summed E-state index contributed by atoms with van der Waals surface area (Å²) < 4.78 is 13.2. The van der Waals surface area contributed by atoms with E-state index in [1.807, 2.05) is 37.3 Å². The van der Waals surface area contributed by atoms with E-state index in [1.54, 1.807) is 12.1 Å². The van der Waals surface area contributed by atoms with E-state index >= 15 is 0 Å². The molecule has 106 valence electrons. The van der Waals surface area contributed by atoms with Crippen molar-refractivity contribution in [2.45, 2.75) is 25.9 Å². The van der Waals surface area contributed by atoms with Crippen molar-refractivity contribution in [3.05, 3.63) is 71.0 Å². The number of rotatable bonds is 6. The third kappa shape index (κ3) is 4.15. The maximum Gasteiger partial charge on any atom is 0.123 e. The third-order valence-electron chi connectivity index (χ3n) is 3.44. The van der Waals surface area contributed by atoms with Gasteiger partial charge in [0.15, 0.2) is 0 Å². The third-order valence-corrected chi connectivity index (χ3v) is 3.44. The molecule has 0 aliphatic carbocycles. The second-order valence-corrected chi connectivity index (χ2v) is 5.02. The summed E-state index contributed by atoms with van der Waals surface area (Å²) in [4.78, 5) is 0. The average molecular weight is 273 g/mol. The lowest BCUT2D eigenvalue weighted by atomic mass is 10.0. The normalized spacial score (nSPS) is 12.3. The predicted molar refractivity (Wildman–Crippen MR) is 79.0 cm³/mol. The Morgan fingerprint density at radius 1 is 1.15 bits per heavy atom. The molecule has 0 fully saturated rings. The van der Waals surface area contributed by atoms with E-state index in [1.165, 1.54) is 11.6 Å². The molecule has 0 heterocycles. The summed E-state index contributed by atoms with van der Waals surface area (Å²) in [6.45, 7) is 2.58. The fraction of sp³-hybridized carbons (Fsp3) is 0.294. The molecule has 2 N–H and O–H groups in total. The second-order valence-electron chi connectivity index (χ2n) is 5.02. The number of aliphatic hydroxyl groups excluding tert-OH is 1. The molecule has 0 amide bonds. The maximum atomic E-state index is 13.2. The van der Waals surface area contributed by atoms with Gasteiger partial charge in [-0.2, -0.15) is 0 Å². The molecule has 0 bridgehead atoms. The number of halogens is 1. The zero-order valence-electron chi connectivity index (χ0n) is 11.6. The lowest BCUT2D eigenvalue weighted by Crippen LogP contribution is -2.34. The van der Waals surface area contributed by atoms with Crippen LogP contribution < -0.4 is 5.32 Å². The van der Waals surface area contributed by atoms with Crippen molar-refractivity contribution in [1.29, 1.82) is 0 Å². The summed E-state index contributed by atoms with van der Waals surface area (Å²) in [6.07, 6.45) is 0.756. The first kappa shape index (κ1) is 14.7. The smallest absolute Gasteiger partial charge is 0.123 e. The van der Waals surface area contributed by atoms with Crippen molar-refractivity contribution in [2.24, 2.45) is 0 Å². The molecule has 2 aromatic rings. The van der Waals surface area contributed by atoms with Crippen LogP contribution >= 0.6 is 0 Å². The van der Waals surface area contributed by atoms with Crippen LogP contribution in [-0.2, 0) is 13.0 Å². The summed E-state index contributed by atoms with van der Waals surface area (Å²) >= 11 is 0. The monoisotopic (exact) mass is 273 g/mol. The predicted octanol–water partition coefficient (Wildman–Crippen LogP) is 2.83. The van der Waals surface area contributed by atoms with Crippen LogP contribution in [0.4, 0.5) is 4.39 Å². The average Bonchev–Trinajstić information content (AvgIpc) is 2.47. The van der Waals surface area contributed by atoms with Crippen LogP contribution in [0.15, 0.2) is 48.5 Å². The van der Waals surface area contributed by atoms with Crippen LogP contribution in [0, 0.1) is 12.7 Å². The first-order valence-electron chi connectivity index (χ1n) is 6.82. The Morgan fingerprint density at radius 2 is 1.90 bits per heavy atom. The Labute approximate surface area is 119 Å². The molecule has 2 aromatic carbocycles. The minimum atomic E-state index is -0.226. The van der Waals surface area contributed by atoms with Gasteiger partial charge in [0.2, 0.25) is 0 Å². The van der Waals surface area contributed by atoms with Crippen LogP contribution in [-0.4, -0.2) is 17.8 Å². The molecule has 0 spiro atoms. The van der Waals surface area contributed by atoms with Gasteiger partial charge in [0.05, 0.1) is 6.61 Å². The molecule has 0 aliphatic rings. The highest BCUT2D eigenvalue weighted by Crippen LogP contribution is 2.11. The molecule has 20 heavy (non-hydrogen) atoms. The van der Waals surface area contributed by atoms with Crippen molar-refractivity contribution >= 4 is 0 Å². The van der Waals surface area contributed by atoms with Crippen LogP contribution in [0.5, 0.6) is 0 Å². The van der Waals surface area contributed by atoms with Crippen molar-refractivity contribution in [3.8, 4) is 0 Å². The molecular formula is C17H20FNO. The lowest BCUT2D eigenvalue weighted by Gasteiger charge is -2.17. The van der Waals surface area contributed by atoms with Crippen LogP contribution in [0.3, 0.4) is 0 Å². The van der Waals surface area contributed by atoms with Crippen molar-refractivity contribution in [3.63, 3.8) is 0 Å². The molecular weight excluding hydrogens is 253 g/mol. The van der Waals surface area contributed by atoms with Crippen LogP contribution in [0.25, 0.3) is 0 Å². The molecule has 0 radical (unpaired) electrons. The summed E-state index contributed by atoms with van der Waals surface area (Å²) in [5.74, 6) is -0.226. The first-order valence-corrected chi connectivity index (χ1v) is 6.82. The highest BCUT2D eigenvalue weighted by atomic mass is 19.1. The molecule has 0 saturated heterocycles. The van der Waals surface area contributed by atoms with Gasteiger partial charge in [0.1, 0.15) is 5.82 Å². The number of aliphatic hydroxyl groups is 1. The van der Waals surface area contributed by atoms with Gasteiger partial charge in [-0.1, -0.05) is 36.4 Å². The molecule has 2 rings (SSSR count). The maximum absolute atomic E-state index is 13.2. The highest BCUT2D eigenvalue weighted by molar-refractivity contribution is 5.26. The topological polar surface area (TPSA) is 32.3 Å². The highest BCUT2D eigenvalue weighted by Gasteiger charge is 2.09. The minimum absolute atomic E-state index is 0.0277. The SMILES string of the molecule is Cc1ccc(F)cc1CNC(CO)Cc1ccccc1. The summed E-state index contributed by atoms with van der Waals surface area (Å²) in [6, 6.07) is 14.8. The number of benzene rings is 2. The number of aryl methyl sites for hydroxylation is 1. The van der Waals surface area contributed by atoms with E-state index in [4.69, 9.17) is 0 Å². The van der Waals surface area contributed by atoms with E-state index in [-0.39, 0.29) is 18.5 Å². The number of hydrogen-bond donors (Lipinski definition) is 2. The fourth-order valence-corrected chi connectivity index (χ4v) is 2.18. The van der Waals surface area contributed by atoms with Gasteiger partial charge in [-0.25, -0.2) is 4.39 Å².